The summed E-state index contributed by atoms with van der Waals surface area (Å²) in [6.07, 6.45) is 2.66. The highest BCUT2D eigenvalue weighted by Gasteiger charge is 2.22. The predicted molar refractivity (Wildman–Crippen MR) is 114 cm³/mol. The Labute approximate surface area is 177 Å². The molecule has 1 aliphatic rings. The number of nitrogens with zero attached hydrogens (tertiary/aromatic N) is 5. The highest BCUT2D eigenvalue weighted by Crippen LogP contribution is 2.20. The summed E-state index contributed by atoms with van der Waals surface area (Å²) >= 11 is 3.18. The van der Waals surface area contributed by atoms with E-state index < -0.39 is 0 Å². The molecule has 6 nitrogen and oxygen atoms in total. The first-order chi connectivity index (χ1) is 14.2. The van der Waals surface area contributed by atoms with E-state index in [-0.39, 0.29) is 11.7 Å². The standard InChI is InChI=1S/C20H22FN5OS2/c21-16-3-5-17(6-4-16)24-9-11-25(12-10-24)19(27)14-29-20-23-22-15-26(20)8-7-18-2-1-13-28-18/h1-6,13,15H,7-12,14H2. The molecule has 3 heterocycles. The van der Waals surface area contributed by atoms with Gasteiger partial charge in [0.1, 0.15) is 12.1 Å². The highest BCUT2D eigenvalue weighted by molar-refractivity contribution is 7.99. The first-order valence-electron chi connectivity index (χ1n) is 9.50. The maximum atomic E-state index is 13.1. The predicted octanol–water partition coefficient (Wildman–Crippen LogP) is 3.16. The third-order valence-electron chi connectivity index (χ3n) is 4.91. The number of aromatic nitrogens is 3. The van der Waals surface area contributed by atoms with Gasteiger partial charge >= 0.3 is 0 Å². The molecular formula is C20H22FN5OS2. The molecule has 0 unspecified atom stereocenters. The number of carbonyl (C=O) groups excluding carboxylic acids is 1. The number of anilines is 1. The van der Waals surface area contributed by atoms with Crippen molar-refractivity contribution in [2.45, 2.75) is 18.1 Å². The Morgan fingerprint density at radius 1 is 1.14 bits per heavy atom. The zero-order valence-corrected chi connectivity index (χ0v) is 17.5. The van der Waals surface area contributed by atoms with E-state index in [9.17, 15) is 9.18 Å². The molecule has 0 saturated carbocycles. The lowest BCUT2D eigenvalue weighted by atomic mass is 10.2. The SMILES string of the molecule is O=C(CSc1nncn1CCc1cccs1)N1CCN(c2ccc(F)cc2)CC1. The number of rotatable bonds is 7. The fraction of sp³-hybridized carbons (Fsp3) is 0.350. The Balaban J connectivity index is 1.24. The first kappa shape index (κ1) is 19.9. The van der Waals surface area contributed by atoms with Gasteiger partial charge in [-0.05, 0) is 42.1 Å². The van der Waals surface area contributed by atoms with Crippen molar-refractivity contribution in [1.82, 2.24) is 19.7 Å². The van der Waals surface area contributed by atoms with Gasteiger partial charge in [-0.3, -0.25) is 4.79 Å². The number of thioether (sulfide) groups is 1. The van der Waals surface area contributed by atoms with E-state index in [1.165, 1.54) is 28.8 Å². The molecule has 0 N–H and O–H groups in total. The van der Waals surface area contributed by atoms with Gasteiger partial charge in [-0.25, -0.2) is 4.39 Å². The van der Waals surface area contributed by atoms with Crippen LogP contribution < -0.4 is 4.90 Å². The van der Waals surface area contributed by atoms with Crippen molar-refractivity contribution >= 4 is 34.7 Å². The molecule has 3 aromatic rings. The minimum absolute atomic E-state index is 0.113. The summed E-state index contributed by atoms with van der Waals surface area (Å²) in [6.45, 7) is 3.64. The monoisotopic (exact) mass is 431 g/mol. The van der Waals surface area contributed by atoms with Crippen molar-refractivity contribution in [1.29, 1.82) is 0 Å². The average Bonchev–Trinajstić information content (AvgIpc) is 3.43. The average molecular weight is 432 g/mol. The lowest BCUT2D eigenvalue weighted by Gasteiger charge is -2.36. The lowest BCUT2D eigenvalue weighted by molar-refractivity contribution is -0.128. The number of benzene rings is 1. The molecule has 0 bridgehead atoms. The van der Waals surface area contributed by atoms with Crippen molar-refractivity contribution in [3.05, 3.63) is 58.8 Å². The van der Waals surface area contributed by atoms with Gasteiger partial charge in [0.25, 0.3) is 0 Å². The Kier molecular flexibility index (Phi) is 6.46. The normalized spacial score (nSPS) is 14.4. The Morgan fingerprint density at radius 2 is 1.93 bits per heavy atom. The van der Waals surface area contributed by atoms with Crippen LogP contribution in [0.25, 0.3) is 0 Å². The van der Waals surface area contributed by atoms with E-state index in [4.69, 9.17) is 0 Å². The van der Waals surface area contributed by atoms with Crippen LogP contribution in [0.3, 0.4) is 0 Å². The molecule has 9 heteroatoms. The topological polar surface area (TPSA) is 54.3 Å². The van der Waals surface area contributed by atoms with Gasteiger partial charge in [0.2, 0.25) is 5.91 Å². The maximum absolute atomic E-state index is 13.1. The molecule has 0 aliphatic carbocycles. The van der Waals surface area contributed by atoms with E-state index >= 15 is 0 Å². The van der Waals surface area contributed by atoms with Crippen molar-refractivity contribution in [3.8, 4) is 0 Å². The van der Waals surface area contributed by atoms with E-state index in [0.717, 1.165) is 36.9 Å². The van der Waals surface area contributed by atoms with Gasteiger partial charge < -0.3 is 14.4 Å². The fourth-order valence-electron chi connectivity index (χ4n) is 3.28. The number of hydrogen-bond donors (Lipinski definition) is 0. The summed E-state index contributed by atoms with van der Waals surface area (Å²) in [5.74, 6) is 0.234. The Hall–Kier alpha value is -2.39. The van der Waals surface area contributed by atoms with Crippen molar-refractivity contribution < 1.29 is 9.18 Å². The molecule has 0 spiro atoms. The van der Waals surface area contributed by atoms with Crippen LogP contribution in [0.1, 0.15) is 4.88 Å². The van der Waals surface area contributed by atoms with Crippen LogP contribution in [0.4, 0.5) is 10.1 Å². The minimum Gasteiger partial charge on any atom is -0.368 e. The van der Waals surface area contributed by atoms with Crippen LogP contribution >= 0.6 is 23.1 Å². The molecule has 4 rings (SSSR count). The summed E-state index contributed by atoms with van der Waals surface area (Å²) in [4.78, 5) is 18.0. The van der Waals surface area contributed by atoms with Crippen LogP contribution in [0.2, 0.25) is 0 Å². The van der Waals surface area contributed by atoms with Gasteiger partial charge in [0, 0.05) is 43.3 Å². The zero-order chi connectivity index (χ0) is 20.1. The van der Waals surface area contributed by atoms with E-state index in [2.05, 4.69) is 32.6 Å². The first-order valence-corrected chi connectivity index (χ1v) is 11.4. The smallest absolute Gasteiger partial charge is 0.233 e. The molecule has 1 saturated heterocycles. The Bertz CT molecular complexity index is 921. The number of carbonyl (C=O) groups is 1. The second-order valence-electron chi connectivity index (χ2n) is 6.77. The van der Waals surface area contributed by atoms with E-state index in [0.29, 0.717) is 18.8 Å². The van der Waals surface area contributed by atoms with Crippen LogP contribution in [0.15, 0.2) is 53.3 Å². The highest BCUT2D eigenvalue weighted by atomic mass is 32.2. The largest absolute Gasteiger partial charge is 0.368 e. The van der Waals surface area contributed by atoms with Crippen LogP contribution in [-0.2, 0) is 17.8 Å². The van der Waals surface area contributed by atoms with Gasteiger partial charge in [0.05, 0.1) is 5.75 Å². The van der Waals surface area contributed by atoms with E-state index in [1.807, 2.05) is 9.47 Å². The zero-order valence-electron chi connectivity index (χ0n) is 15.9. The number of aryl methyl sites for hydroxylation is 2. The van der Waals surface area contributed by atoms with E-state index in [1.54, 1.807) is 29.8 Å². The summed E-state index contributed by atoms with van der Waals surface area (Å²) in [6, 6.07) is 10.7. The van der Waals surface area contributed by atoms with Gasteiger partial charge in [-0.1, -0.05) is 17.8 Å². The molecule has 1 fully saturated rings. The molecule has 1 amide bonds. The van der Waals surface area contributed by atoms with Crippen LogP contribution in [0, 0.1) is 5.82 Å². The van der Waals surface area contributed by atoms with Gasteiger partial charge in [-0.15, -0.1) is 21.5 Å². The number of piperazine rings is 1. The second kappa shape index (κ2) is 9.41. The van der Waals surface area contributed by atoms with Crippen molar-refractivity contribution in [3.63, 3.8) is 0 Å². The fourth-order valence-corrected chi connectivity index (χ4v) is 4.82. The molecule has 1 aliphatic heterocycles. The maximum Gasteiger partial charge on any atom is 0.233 e. The summed E-state index contributed by atoms with van der Waals surface area (Å²) in [7, 11) is 0. The Morgan fingerprint density at radius 3 is 2.66 bits per heavy atom. The van der Waals surface area contributed by atoms with Crippen LogP contribution in [0.5, 0.6) is 0 Å². The second-order valence-corrected chi connectivity index (χ2v) is 8.74. The third kappa shape index (κ3) is 5.16. The number of thiophene rings is 1. The minimum atomic E-state index is -0.233. The molecule has 29 heavy (non-hydrogen) atoms. The molecular weight excluding hydrogens is 409 g/mol. The van der Waals surface area contributed by atoms with Gasteiger partial charge in [0.15, 0.2) is 5.16 Å². The third-order valence-corrected chi connectivity index (χ3v) is 6.81. The van der Waals surface area contributed by atoms with Crippen LogP contribution in [-0.4, -0.2) is 57.5 Å². The van der Waals surface area contributed by atoms with Crippen molar-refractivity contribution in [2.75, 3.05) is 36.8 Å². The molecule has 0 atom stereocenters. The summed E-state index contributed by atoms with van der Waals surface area (Å²) in [5, 5.41) is 11.0. The molecule has 0 radical (unpaired) electrons. The summed E-state index contributed by atoms with van der Waals surface area (Å²) in [5.41, 5.74) is 0.992. The quantitative estimate of drug-likeness (QED) is 0.538. The number of hydrogen-bond acceptors (Lipinski definition) is 6. The lowest BCUT2D eigenvalue weighted by Crippen LogP contribution is -2.49. The molecule has 1 aromatic carbocycles. The van der Waals surface area contributed by atoms with Crippen molar-refractivity contribution in [2.24, 2.45) is 0 Å². The summed E-state index contributed by atoms with van der Waals surface area (Å²) < 4.78 is 15.1. The number of amides is 1. The number of halogens is 1. The van der Waals surface area contributed by atoms with Gasteiger partial charge in [-0.2, -0.15) is 0 Å². The molecule has 152 valence electrons. The molecule has 2 aromatic heterocycles.